The van der Waals surface area contributed by atoms with Crippen molar-refractivity contribution in [3.05, 3.63) is 24.0 Å². The van der Waals surface area contributed by atoms with Crippen molar-refractivity contribution in [3.8, 4) is 0 Å². The van der Waals surface area contributed by atoms with Gasteiger partial charge < -0.3 is 10.3 Å². The van der Waals surface area contributed by atoms with Crippen molar-refractivity contribution in [1.29, 1.82) is 0 Å². The van der Waals surface area contributed by atoms with Crippen LogP contribution in [0.2, 0.25) is 0 Å². The molecule has 2 N–H and O–H groups in total. The van der Waals surface area contributed by atoms with Crippen LogP contribution < -0.4 is 5.73 Å². The summed E-state index contributed by atoms with van der Waals surface area (Å²) in [5.41, 5.74) is 5.87. The van der Waals surface area contributed by atoms with Crippen molar-refractivity contribution >= 4 is 11.7 Å². The Morgan fingerprint density at radius 3 is 2.50 bits per heavy atom. The molecule has 88 valence electrons. The number of aromatic nitrogens is 1. The fraction of sp³-hybridized carbons (Fsp3) is 0.500. The number of hydrogen-bond donors (Lipinski definition) is 1. The predicted molar refractivity (Wildman–Crippen MR) is 62.0 cm³/mol. The molecule has 1 amide bonds. The van der Waals surface area contributed by atoms with Crippen molar-refractivity contribution < 1.29 is 9.59 Å². The smallest absolute Gasteiger partial charge is 0.222 e. The lowest BCUT2D eigenvalue weighted by atomic mass is 10.0. The standard InChI is InChI=1S/C12H18N2O2/c1-8(2)11(15)10-4-5-14(7-10)6-9(3)12(13)16/h4-5,7-9H,6H2,1-3H3,(H2,13,16). The van der Waals surface area contributed by atoms with Gasteiger partial charge in [-0.25, -0.2) is 0 Å². The molecule has 1 aromatic heterocycles. The normalized spacial score (nSPS) is 12.8. The van der Waals surface area contributed by atoms with E-state index in [0.29, 0.717) is 12.1 Å². The SMILES string of the molecule is CC(C)C(=O)c1ccn(CC(C)C(N)=O)c1. The van der Waals surface area contributed by atoms with Gasteiger partial charge in [-0.2, -0.15) is 0 Å². The Labute approximate surface area is 95.4 Å². The Balaban J connectivity index is 2.72. The second kappa shape index (κ2) is 4.96. The molecule has 0 aromatic carbocycles. The van der Waals surface area contributed by atoms with Crippen molar-refractivity contribution in [1.82, 2.24) is 4.57 Å². The van der Waals surface area contributed by atoms with Crippen molar-refractivity contribution in [2.24, 2.45) is 17.6 Å². The largest absolute Gasteiger partial charge is 0.369 e. The van der Waals surface area contributed by atoms with Crippen LogP contribution in [0, 0.1) is 11.8 Å². The van der Waals surface area contributed by atoms with Gasteiger partial charge in [0.1, 0.15) is 0 Å². The predicted octanol–water partition coefficient (Wildman–Crippen LogP) is 1.45. The van der Waals surface area contributed by atoms with Gasteiger partial charge in [0.25, 0.3) is 0 Å². The van der Waals surface area contributed by atoms with Gasteiger partial charge in [-0.3, -0.25) is 9.59 Å². The second-order valence-corrected chi connectivity index (χ2v) is 4.42. The van der Waals surface area contributed by atoms with Crippen LogP contribution in [-0.2, 0) is 11.3 Å². The zero-order valence-corrected chi connectivity index (χ0v) is 9.93. The van der Waals surface area contributed by atoms with Gasteiger partial charge in [0.05, 0.1) is 5.92 Å². The molecule has 1 aromatic rings. The van der Waals surface area contributed by atoms with E-state index in [1.165, 1.54) is 0 Å². The molecule has 1 rings (SSSR count). The molecule has 4 heteroatoms. The molecule has 1 unspecified atom stereocenters. The molecule has 0 aliphatic carbocycles. The van der Waals surface area contributed by atoms with Crippen LogP contribution in [0.4, 0.5) is 0 Å². The van der Waals surface area contributed by atoms with E-state index in [1.807, 2.05) is 18.4 Å². The first-order valence-electron chi connectivity index (χ1n) is 5.41. The number of ketones is 1. The maximum absolute atomic E-state index is 11.7. The topological polar surface area (TPSA) is 65.1 Å². The Bertz CT molecular complexity index is 393. The van der Waals surface area contributed by atoms with Gasteiger partial charge in [0.2, 0.25) is 5.91 Å². The molecule has 1 heterocycles. The van der Waals surface area contributed by atoms with E-state index >= 15 is 0 Å². The average molecular weight is 222 g/mol. The molecule has 1 atom stereocenters. The Kier molecular flexibility index (Phi) is 3.88. The summed E-state index contributed by atoms with van der Waals surface area (Å²) in [6, 6.07) is 1.77. The number of carbonyl (C=O) groups is 2. The Hall–Kier alpha value is -1.58. The molecule has 0 aliphatic heterocycles. The molecule has 16 heavy (non-hydrogen) atoms. The first-order chi connectivity index (χ1) is 7.41. The van der Waals surface area contributed by atoms with E-state index in [4.69, 9.17) is 5.73 Å². The quantitative estimate of drug-likeness (QED) is 0.766. The number of Topliss-reactive ketones (excluding diaryl/α,β-unsaturated/α-hetero) is 1. The molecule has 0 saturated carbocycles. The third kappa shape index (κ3) is 2.95. The minimum atomic E-state index is -0.328. The van der Waals surface area contributed by atoms with Crippen molar-refractivity contribution in [2.45, 2.75) is 27.3 Å². The molecule has 0 spiro atoms. The van der Waals surface area contributed by atoms with Crippen LogP contribution in [0.25, 0.3) is 0 Å². The fourth-order valence-corrected chi connectivity index (χ4v) is 1.44. The number of nitrogens with zero attached hydrogens (tertiary/aromatic N) is 1. The number of primary amides is 1. The summed E-state index contributed by atoms with van der Waals surface area (Å²) >= 11 is 0. The number of carbonyl (C=O) groups excluding carboxylic acids is 2. The van der Waals surface area contributed by atoms with Crippen LogP contribution in [0.1, 0.15) is 31.1 Å². The first-order valence-corrected chi connectivity index (χ1v) is 5.41. The number of rotatable bonds is 5. The number of nitrogens with two attached hydrogens (primary N) is 1. The lowest BCUT2D eigenvalue weighted by molar-refractivity contribution is -0.121. The second-order valence-electron chi connectivity index (χ2n) is 4.42. The molecule has 0 aliphatic rings. The summed E-state index contributed by atoms with van der Waals surface area (Å²) in [6.07, 6.45) is 3.57. The molecule has 0 bridgehead atoms. The summed E-state index contributed by atoms with van der Waals surface area (Å²) in [7, 11) is 0. The molecular formula is C12H18N2O2. The van der Waals surface area contributed by atoms with Crippen LogP contribution in [0.15, 0.2) is 18.5 Å². The van der Waals surface area contributed by atoms with Crippen LogP contribution in [-0.4, -0.2) is 16.3 Å². The van der Waals surface area contributed by atoms with E-state index in [0.717, 1.165) is 0 Å². The average Bonchev–Trinajstić information content (AvgIpc) is 2.64. The zero-order valence-electron chi connectivity index (χ0n) is 9.93. The number of hydrogen-bond acceptors (Lipinski definition) is 2. The van der Waals surface area contributed by atoms with E-state index < -0.39 is 0 Å². The molecule has 0 fully saturated rings. The number of amides is 1. The summed E-state index contributed by atoms with van der Waals surface area (Å²) in [4.78, 5) is 22.6. The highest BCUT2D eigenvalue weighted by molar-refractivity contribution is 5.97. The third-order valence-electron chi connectivity index (χ3n) is 2.53. The monoisotopic (exact) mass is 222 g/mol. The van der Waals surface area contributed by atoms with Gasteiger partial charge >= 0.3 is 0 Å². The summed E-state index contributed by atoms with van der Waals surface area (Å²) in [5, 5.41) is 0. The molecular weight excluding hydrogens is 204 g/mol. The van der Waals surface area contributed by atoms with Crippen molar-refractivity contribution in [2.75, 3.05) is 0 Å². The zero-order chi connectivity index (χ0) is 12.3. The van der Waals surface area contributed by atoms with E-state index in [9.17, 15) is 9.59 Å². The van der Waals surface area contributed by atoms with Gasteiger partial charge in [-0.15, -0.1) is 0 Å². The maximum Gasteiger partial charge on any atom is 0.222 e. The highest BCUT2D eigenvalue weighted by atomic mass is 16.1. The lowest BCUT2D eigenvalue weighted by Crippen LogP contribution is -2.24. The van der Waals surface area contributed by atoms with Gasteiger partial charge in [0, 0.05) is 30.4 Å². The summed E-state index contributed by atoms with van der Waals surface area (Å²) < 4.78 is 1.82. The van der Waals surface area contributed by atoms with Crippen LogP contribution in [0.3, 0.4) is 0 Å². The minimum absolute atomic E-state index is 0.00980. The van der Waals surface area contributed by atoms with Gasteiger partial charge in [-0.05, 0) is 6.07 Å². The summed E-state index contributed by atoms with van der Waals surface area (Å²) in [6.45, 7) is 6.02. The first kappa shape index (κ1) is 12.5. The van der Waals surface area contributed by atoms with Crippen LogP contribution >= 0.6 is 0 Å². The summed E-state index contributed by atoms with van der Waals surface area (Å²) in [5.74, 6) is -0.449. The van der Waals surface area contributed by atoms with Gasteiger partial charge in [-0.1, -0.05) is 20.8 Å². The molecule has 0 saturated heterocycles. The fourth-order valence-electron chi connectivity index (χ4n) is 1.44. The third-order valence-corrected chi connectivity index (χ3v) is 2.53. The Morgan fingerprint density at radius 2 is 2.00 bits per heavy atom. The molecule has 4 nitrogen and oxygen atoms in total. The highest BCUT2D eigenvalue weighted by Crippen LogP contribution is 2.10. The minimum Gasteiger partial charge on any atom is -0.369 e. The van der Waals surface area contributed by atoms with Gasteiger partial charge in [0.15, 0.2) is 5.78 Å². The van der Waals surface area contributed by atoms with E-state index in [-0.39, 0.29) is 23.5 Å². The van der Waals surface area contributed by atoms with E-state index in [2.05, 4.69) is 0 Å². The maximum atomic E-state index is 11.7. The highest BCUT2D eigenvalue weighted by Gasteiger charge is 2.13. The van der Waals surface area contributed by atoms with E-state index in [1.54, 1.807) is 25.4 Å². The lowest BCUT2D eigenvalue weighted by Gasteiger charge is -2.07. The molecule has 0 radical (unpaired) electrons. The Morgan fingerprint density at radius 1 is 1.38 bits per heavy atom. The van der Waals surface area contributed by atoms with Crippen molar-refractivity contribution in [3.63, 3.8) is 0 Å². The van der Waals surface area contributed by atoms with Crippen LogP contribution in [0.5, 0.6) is 0 Å².